The molecular weight excluding hydrogens is 376 g/mol. The average Bonchev–Trinajstić information content (AvgIpc) is 2.75. The molecule has 0 aliphatic heterocycles. The number of aryl methyl sites for hydroxylation is 1. The fourth-order valence-electron chi connectivity index (χ4n) is 2.87. The molecule has 0 aliphatic rings. The topological polar surface area (TPSA) is 74.8 Å². The molecule has 6 heteroatoms. The van der Waals surface area contributed by atoms with Gasteiger partial charge in [-0.25, -0.2) is 0 Å². The standard InChI is InChI=1S/C24H34N4O2/c1-6-18(4)28-23(29)20-12-9-19(10-13-20)15-26-24(25-5)27-16-21-11-8-17(3)14-22(21)30-7-2/h8-14,18H,6-7,15-16H2,1-5H3,(H,28,29)(H2,25,26,27). The highest BCUT2D eigenvalue weighted by molar-refractivity contribution is 5.94. The minimum absolute atomic E-state index is 0.0375. The Morgan fingerprint density at radius 1 is 1.07 bits per heavy atom. The van der Waals surface area contributed by atoms with Gasteiger partial charge in [-0.1, -0.05) is 31.2 Å². The Kier molecular flexibility index (Phi) is 9.19. The Balaban J connectivity index is 1.89. The summed E-state index contributed by atoms with van der Waals surface area (Å²) in [6.45, 7) is 9.95. The van der Waals surface area contributed by atoms with Gasteiger partial charge in [0.15, 0.2) is 5.96 Å². The van der Waals surface area contributed by atoms with E-state index < -0.39 is 0 Å². The summed E-state index contributed by atoms with van der Waals surface area (Å²) in [6, 6.07) is 14.0. The number of hydrogen-bond acceptors (Lipinski definition) is 3. The molecular formula is C24H34N4O2. The van der Waals surface area contributed by atoms with Gasteiger partial charge in [-0.15, -0.1) is 0 Å². The first-order valence-electron chi connectivity index (χ1n) is 10.5. The normalized spacial score (nSPS) is 12.2. The van der Waals surface area contributed by atoms with Gasteiger partial charge in [-0.05, 0) is 56.5 Å². The second-order valence-electron chi connectivity index (χ2n) is 7.30. The summed E-state index contributed by atoms with van der Waals surface area (Å²) < 4.78 is 5.74. The molecule has 6 nitrogen and oxygen atoms in total. The van der Waals surface area contributed by atoms with Crippen molar-refractivity contribution < 1.29 is 9.53 Å². The molecule has 2 rings (SSSR count). The maximum Gasteiger partial charge on any atom is 0.251 e. The first kappa shape index (κ1) is 23.3. The average molecular weight is 411 g/mol. The molecule has 0 saturated carbocycles. The van der Waals surface area contributed by atoms with Crippen LogP contribution >= 0.6 is 0 Å². The lowest BCUT2D eigenvalue weighted by Gasteiger charge is -2.15. The van der Waals surface area contributed by atoms with E-state index in [0.717, 1.165) is 23.3 Å². The summed E-state index contributed by atoms with van der Waals surface area (Å²) in [5.41, 5.74) is 4.00. The Morgan fingerprint density at radius 2 is 1.77 bits per heavy atom. The molecule has 3 N–H and O–H groups in total. The third-order valence-electron chi connectivity index (χ3n) is 4.86. The van der Waals surface area contributed by atoms with Gasteiger partial charge in [0.2, 0.25) is 0 Å². The second-order valence-corrected chi connectivity index (χ2v) is 7.30. The quantitative estimate of drug-likeness (QED) is 0.434. The number of rotatable bonds is 9. The SMILES string of the molecule is CCOc1cc(C)ccc1CNC(=NC)NCc1ccc(C(=O)NC(C)CC)cc1. The van der Waals surface area contributed by atoms with Crippen molar-refractivity contribution in [2.75, 3.05) is 13.7 Å². The molecule has 0 aliphatic carbocycles. The molecule has 2 aromatic carbocycles. The van der Waals surface area contributed by atoms with Crippen molar-refractivity contribution in [3.05, 3.63) is 64.7 Å². The third-order valence-corrected chi connectivity index (χ3v) is 4.86. The lowest BCUT2D eigenvalue weighted by atomic mass is 10.1. The summed E-state index contributed by atoms with van der Waals surface area (Å²) in [5.74, 6) is 1.56. The fourth-order valence-corrected chi connectivity index (χ4v) is 2.87. The van der Waals surface area contributed by atoms with E-state index in [1.165, 1.54) is 5.56 Å². The van der Waals surface area contributed by atoms with E-state index in [9.17, 15) is 4.79 Å². The molecule has 162 valence electrons. The Morgan fingerprint density at radius 3 is 2.40 bits per heavy atom. The molecule has 0 heterocycles. The van der Waals surface area contributed by atoms with Gasteiger partial charge in [-0.2, -0.15) is 0 Å². The predicted molar refractivity (Wildman–Crippen MR) is 123 cm³/mol. The molecule has 0 radical (unpaired) electrons. The van der Waals surface area contributed by atoms with Gasteiger partial charge in [0.05, 0.1) is 6.61 Å². The van der Waals surface area contributed by atoms with E-state index in [-0.39, 0.29) is 11.9 Å². The number of amides is 1. The molecule has 1 atom stereocenters. The van der Waals surface area contributed by atoms with E-state index >= 15 is 0 Å². The Labute approximate surface area is 180 Å². The number of carbonyl (C=O) groups is 1. The summed E-state index contributed by atoms with van der Waals surface area (Å²) in [5, 5.41) is 9.61. The zero-order valence-electron chi connectivity index (χ0n) is 18.7. The van der Waals surface area contributed by atoms with Crippen molar-refractivity contribution in [3.63, 3.8) is 0 Å². The highest BCUT2D eigenvalue weighted by Gasteiger charge is 2.09. The fraction of sp³-hybridized carbons (Fsp3) is 0.417. The van der Waals surface area contributed by atoms with Crippen LogP contribution in [0.15, 0.2) is 47.5 Å². The van der Waals surface area contributed by atoms with E-state index in [0.29, 0.717) is 31.2 Å². The van der Waals surface area contributed by atoms with Gasteiger partial charge in [0.25, 0.3) is 5.91 Å². The zero-order chi connectivity index (χ0) is 21.9. The largest absolute Gasteiger partial charge is 0.494 e. The van der Waals surface area contributed by atoms with Crippen molar-refractivity contribution >= 4 is 11.9 Å². The van der Waals surface area contributed by atoms with Crippen LogP contribution < -0.4 is 20.7 Å². The highest BCUT2D eigenvalue weighted by Crippen LogP contribution is 2.20. The van der Waals surface area contributed by atoms with Crippen molar-refractivity contribution in [1.82, 2.24) is 16.0 Å². The minimum atomic E-state index is -0.0375. The van der Waals surface area contributed by atoms with Gasteiger partial charge in [0, 0.05) is 37.3 Å². The molecule has 30 heavy (non-hydrogen) atoms. The molecule has 0 saturated heterocycles. The number of nitrogens with one attached hydrogen (secondary N) is 3. The van der Waals surface area contributed by atoms with Crippen LogP contribution in [0.25, 0.3) is 0 Å². The number of nitrogens with zero attached hydrogens (tertiary/aromatic N) is 1. The minimum Gasteiger partial charge on any atom is -0.494 e. The smallest absolute Gasteiger partial charge is 0.251 e. The van der Waals surface area contributed by atoms with Crippen LogP contribution in [0.3, 0.4) is 0 Å². The molecule has 2 aromatic rings. The van der Waals surface area contributed by atoms with Crippen molar-refractivity contribution in [1.29, 1.82) is 0 Å². The zero-order valence-corrected chi connectivity index (χ0v) is 18.7. The molecule has 0 bridgehead atoms. The van der Waals surface area contributed by atoms with Crippen LogP contribution in [0, 0.1) is 6.92 Å². The number of aliphatic imine (C=N–C) groups is 1. The van der Waals surface area contributed by atoms with Crippen molar-refractivity contribution in [2.45, 2.75) is 53.2 Å². The van der Waals surface area contributed by atoms with Crippen LogP contribution in [0.2, 0.25) is 0 Å². The van der Waals surface area contributed by atoms with Gasteiger partial charge in [0.1, 0.15) is 5.75 Å². The number of carbonyl (C=O) groups excluding carboxylic acids is 1. The van der Waals surface area contributed by atoms with Crippen LogP contribution in [0.5, 0.6) is 5.75 Å². The maximum atomic E-state index is 12.2. The Bertz CT molecular complexity index is 847. The summed E-state index contributed by atoms with van der Waals surface area (Å²) in [6.07, 6.45) is 0.911. The second kappa shape index (κ2) is 11.9. The molecule has 1 amide bonds. The van der Waals surface area contributed by atoms with Crippen molar-refractivity contribution in [3.8, 4) is 5.75 Å². The number of benzene rings is 2. The lowest BCUT2D eigenvalue weighted by molar-refractivity contribution is 0.0939. The van der Waals surface area contributed by atoms with Gasteiger partial charge < -0.3 is 20.7 Å². The summed E-state index contributed by atoms with van der Waals surface area (Å²) >= 11 is 0. The Hall–Kier alpha value is -3.02. The number of ether oxygens (including phenoxy) is 1. The van der Waals surface area contributed by atoms with Crippen LogP contribution in [-0.2, 0) is 13.1 Å². The van der Waals surface area contributed by atoms with Gasteiger partial charge >= 0.3 is 0 Å². The van der Waals surface area contributed by atoms with Crippen molar-refractivity contribution in [2.24, 2.45) is 4.99 Å². The molecule has 0 spiro atoms. The summed E-state index contributed by atoms with van der Waals surface area (Å²) in [7, 11) is 1.75. The lowest BCUT2D eigenvalue weighted by Crippen LogP contribution is -2.36. The van der Waals surface area contributed by atoms with Crippen LogP contribution in [0.4, 0.5) is 0 Å². The first-order chi connectivity index (χ1) is 14.5. The molecule has 0 aromatic heterocycles. The number of hydrogen-bond donors (Lipinski definition) is 3. The van der Waals surface area contributed by atoms with Crippen LogP contribution in [0.1, 0.15) is 54.2 Å². The highest BCUT2D eigenvalue weighted by atomic mass is 16.5. The molecule has 0 fully saturated rings. The third kappa shape index (κ3) is 7.10. The summed E-state index contributed by atoms with van der Waals surface area (Å²) in [4.78, 5) is 16.5. The van der Waals surface area contributed by atoms with E-state index in [2.05, 4.69) is 53.0 Å². The predicted octanol–water partition coefficient (Wildman–Crippen LogP) is 3.79. The van der Waals surface area contributed by atoms with E-state index in [4.69, 9.17) is 4.74 Å². The first-order valence-corrected chi connectivity index (χ1v) is 10.5. The van der Waals surface area contributed by atoms with E-state index in [1.54, 1.807) is 7.05 Å². The maximum absolute atomic E-state index is 12.2. The number of guanidine groups is 1. The monoisotopic (exact) mass is 410 g/mol. The van der Waals surface area contributed by atoms with E-state index in [1.807, 2.05) is 38.1 Å². The van der Waals surface area contributed by atoms with Crippen LogP contribution in [-0.4, -0.2) is 31.6 Å². The molecule has 1 unspecified atom stereocenters. The van der Waals surface area contributed by atoms with Gasteiger partial charge in [-0.3, -0.25) is 9.79 Å².